The van der Waals surface area contributed by atoms with E-state index in [0.717, 1.165) is 16.8 Å². The Labute approximate surface area is 165 Å². The monoisotopic (exact) mass is 380 g/mol. The van der Waals surface area contributed by atoms with Crippen LogP contribution in [0.4, 0.5) is 5.69 Å². The van der Waals surface area contributed by atoms with Gasteiger partial charge in [0.15, 0.2) is 12.7 Å². The first kappa shape index (κ1) is 21.0. The summed E-state index contributed by atoms with van der Waals surface area (Å²) in [6, 6.07) is 14.2. The molecule has 6 heteroatoms. The van der Waals surface area contributed by atoms with Gasteiger partial charge in [0, 0.05) is 5.69 Å². The Bertz CT molecular complexity index is 882. The predicted octanol–water partition coefficient (Wildman–Crippen LogP) is 3.94. The molecular formula is C22H24N2O4. The van der Waals surface area contributed by atoms with Crippen molar-refractivity contribution < 1.29 is 19.1 Å². The zero-order chi connectivity index (χ0) is 20.7. The van der Waals surface area contributed by atoms with Crippen molar-refractivity contribution in [3.8, 4) is 11.8 Å². The van der Waals surface area contributed by atoms with Crippen LogP contribution in [-0.2, 0) is 14.3 Å². The van der Waals surface area contributed by atoms with Gasteiger partial charge >= 0.3 is 5.97 Å². The fourth-order valence-corrected chi connectivity index (χ4v) is 2.63. The molecule has 0 saturated carbocycles. The smallest absolute Gasteiger partial charge is 0.347 e. The molecule has 2 aromatic rings. The number of ether oxygens (including phenoxy) is 2. The summed E-state index contributed by atoms with van der Waals surface area (Å²) in [5.74, 6) is -0.364. The van der Waals surface area contributed by atoms with E-state index in [1.165, 1.54) is 6.92 Å². The second-order valence-electron chi connectivity index (χ2n) is 6.75. The van der Waals surface area contributed by atoms with Crippen molar-refractivity contribution in [2.75, 3.05) is 11.9 Å². The van der Waals surface area contributed by atoms with Crippen LogP contribution < -0.4 is 10.1 Å². The lowest BCUT2D eigenvalue weighted by Crippen LogP contribution is -2.30. The summed E-state index contributed by atoms with van der Waals surface area (Å²) < 4.78 is 10.5. The van der Waals surface area contributed by atoms with E-state index in [0.29, 0.717) is 11.3 Å². The number of hydrogen-bond acceptors (Lipinski definition) is 5. The maximum Gasteiger partial charge on any atom is 0.347 e. The minimum absolute atomic E-state index is 0.249. The Morgan fingerprint density at radius 2 is 1.79 bits per heavy atom. The molecule has 0 aliphatic rings. The third-order valence-electron chi connectivity index (χ3n) is 4.17. The first-order chi connectivity index (χ1) is 13.3. The third-order valence-corrected chi connectivity index (χ3v) is 4.17. The Kier molecular flexibility index (Phi) is 7.16. The highest BCUT2D eigenvalue weighted by atomic mass is 16.6. The third kappa shape index (κ3) is 5.58. The van der Waals surface area contributed by atoms with Gasteiger partial charge in [0.2, 0.25) is 0 Å². The number of para-hydroxylation sites is 1. The van der Waals surface area contributed by atoms with Crippen molar-refractivity contribution in [3.63, 3.8) is 0 Å². The molecule has 1 atom stereocenters. The fourth-order valence-electron chi connectivity index (χ4n) is 2.63. The molecule has 1 N–H and O–H groups in total. The van der Waals surface area contributed by atoms with Gasteiger partial charge < -0.3 is 14.8 Å². The molecule has 146 valence electrons. The molecule has 0 aliphatic carbocycles. The summed E-state index contributed by atoms with van der Waals surface area (Å²) in [6.45, 7) is 7.16. The largest absolute Gasteiger partial charge is 0.479 e. The zero-order valence-corrected chi connectivity index (χ0v) is 16.5. The maximum absolute atomic E-state index is 12.2. The lowest BCUT2D eigenvalue weighted by molar-refractivity contribution is -0.153. The lowest BCUT2D eigenvalue weighted by atomic mass is 9.98. The number of amides is 1. The van der Waals surface area contributed by atoms with Crippen molar-refractivity contribution in [2.45, 2.75) is 39.7 Å². The van der Waals surface area contributed by atoms with Crippen LogP contribution in [0.1, 0.15) is 43.4 Å². The molecule has 0 saturated heterocycles. The normalized spacial score (nSPS) is 11.4. The Balaban J connectivity index is 1.90. The second kappa shape index (κ2) is 9.56. The van der Waals surface area contributed by atoms with E-state index in [2.05, 4.69) is 5.32 Å². The molecule has 1 amide bonds. The van der Waals surface area contributed by atoms with Crippen molar-refractivity contribution in [3.05, 3.63) is 59.2 Å². The Morgan fingerprint density at radius 3 is 2.39 bits per heavy atom. The van der Waals surface area contributed by atoms with Gasteiger partial charge in [-0.3, -0.25) is 4.79 Å². The summed E-state index contributed by atoms with van der Waals surface area (Å²) in [7, 11) is 0. The highest BCUT2D eigenvalue weighted by Crippen LogP contribution is 2.27. The van der Waals surface area contributed by atoms with Crippen LogP contribution in [0, 0.1) is 18.3 Å². The molecule has 0 radical (unpaired) electrons. The van der Waals surface area contributed by atoms with Gasteiger partial charge in [0.25, 0.3) is 5.91 Å². The van der Waals surface area contributed by atoms with Gasteiger partial charge in [-0.15, -0.1) is 0 Å². The topological polar surface area (TPSA) is 88.4 Å². The van der Waals surface area contributed by atoms with Gasteiger partial charge in [-0.1, -0.05) is 32.0 Å². The SMILES string of the molecule is Cc1cccc(C(C)C)c1NC(=O)COC(=O)[C@@H](C)Oc1ccc(C#N)cc1. The highest BCUT2D eigenvalue weighted by Gasteiger charge is 2.19. The molecule has 0 aromatic heterocycles. The quantitative estimate of drug-likeness (QED) is 0.735. The summed E-state index contributed by atoms with van der Waals surface area (Å²) >= 11 is 0. The second-order valence-corrected chi connectivity index (χ2v) is 6.75. The minimum atomic E-state index is -0.884. The Morgan fingerprint density at radius 1 is 1.11 bits per heavy atom. The zero-order valence-electron chi connectivity index (χ0n) is 16.5. The summed E-state index contributed by atoms with van der Waals surface area (Å²) in [5.41, 5.74) is 3.22. The van der Waals surface area contributed by atoms with Crippen molar-refractivity contribution >= 4 is 17.6 Å². The number of nitriles is 1. The number of aryl methyl sites for hydroxylation is 1. The number of hydrogen-bond donors (Lipinski definition) is 1. The van der Waals surface area contributed by atoms with Crippen LogP contribution in [0.25, 0.3) is 0 Å². The molecule has 0 fully saturated rings. The van der Waals surface area contributed by atoms with E-state index >= 15 is 0 Å². The van der Waals surface area contributed by atoms with E-state index in [-0.39, 0.29) is 5.92 Å². The van der Waals surface area contributed by atoms with E-state index in [1.807, 2.05) is 45.0 Å². The van der Waals surface area contributed by atoms with Gasteiger partial charge in [-0.05, 0) is 55.2 Å². The van der Waals surface area contributed by atoms with Crippen molar-refractivity contribution in [1.29, 1.82) is 5.26 Å². The molecule has 0 bridgehead atoms. The number of anilines is 1. The Hall–Kier alpha value is -3.33. The average molecular weight is 380 g/mol. The number of rotatable bonds is 7. The molecule has 6 nitrogen and oxygen atoms in total. The van der Waals surface area contributed by atoms with Crippen LogP contribution in [0.2, 0.25) is 0 Å². The van der Waals surface area contributed by atoms with Crippen LogP contribution in [0.5, 0.6) is 5.75 Å². The molecule has 2 rings (SSSR count). The molecule has 0 heterocycles. The number of nitrogens with one attached hydrogen (secondary N) is 1. The maximum atomic E-state index is 12.2. The van der Waals surface area contributed by atoms with Crippen LogP contribution >= 0.6 is 0 Å². The predicted molar refractivity (Wildman–Crippen MR) is 106 cm³/mol. The summed E-state index contributed by atoms with van der Waals surface area (Å²) in [4.78, 5) is 24.3. The van der Waals surface area contributed by atoms with Gasteiger partial charge in [-0.25, -0.2) is 4.79 Å². The first-order valence-electron chi connectivity index (χ1n) is 9.04. The van der Waals surface area contributed by atoms with Gasteiger partial charge in [-0.2, -0.15) is 5.26 Å². The van der Waals surface area contributed by atoms with E-state index < -0.39 is 24.6 Å². The molecular weight excluding hydrogens is 356 g/mol. The number of esters is 1. The van der Waals surface area contributed by atoms with E-state index in [9.17, 15) is 9.59 Å². The lowest BCUT2D eigenvalue weighted by Gasteiger charge is -2.17. The molecule has 0 spiro atoms. The molecule has 28 heavy (non-hydrogen) atoms. The van der Waals surface area contributed by atoms with Crippen LogP contribution in [-0.4, -0.2) is 24.6 Å². The average Bonchev–Trinajstić information content (AvgIpc) is 2.68. The van der Waals surface area contributed by atoms with Crippen LogP contribution in [0.15, 0.2) is 42.5 Å². The van der Waals surface area contributed by atoms with Crippen molar-refractivity contribution in [1.82, 2.24) is 0 Å². The number of nitrogens with zero attached hydrogens (tertiary/aromatic N) is 1. The van der Waals surface area contributed by atoms with Crippen LogP contribution in [0.3, 0.4) is 0 Å². The first-order valence-corrected chi connectivity index (χ1v) is 9.04. The number of benzene rings is 2. The van der Waals surface area contributed by atoms with Gasteiger partial charge in [0.05, 0.1) is 11.6 Å². The van der Waals surface area contributed by atoms with E-state index in [4.69, 9.17) is 14.7 Å². The number of carbonyl (C=O) groups excluding carboxylic acids is 2. The standard InChI is InChI=1S/C22H24N2O4/c1-14(2)19-7-5-6-15(3)21(19)24-20(25)13-27-22(26)16(4)28-18-10-8-17(12-23)9-11-18/h5-11,14,16H,13H2,1-4H3,(H,24,25)/t16-/m1/s1. The van der Waals surface area contributed by atoms with E-state index in [1.54, 1.807) is 24.3 Å². The molecule has 0 unspecified atom stereocenters. The fraction of sp³-hybridized carbons (Fsp3) is 0.318. The summed E-state index contributed by atoms with van der Waals surface area (Å²) in [6.07, 6.45) is -0.884. The number of carbonyl (C=O) groups is 2. The summed E-state index contributed by atoms with van der Waals surface area (Å²) in [5, 5.41) is 11.6. The molecule has 0 aliphatic heterocycles. The van der Waals surface area contributed by atoms with Gasteiger partial charge in [0.1, 0.15) is 5.75 Å². The van der Waals surface area contributed by atoms with Crippen molar-refractivity contribution in [2.24, 2.45) is 0 Å². The highest BCUT2D eigenvalue weighted by molar-refractivity contribution is 5.94. The minimum Gasteiger partial charge on any atom is -0.479 e. The molecule has 2 aromatic carbocycles.